The van der Waals surface area contributed by atoms with E-state index in [4.69, 9.17) is 0 Å². The van der Waals surface area contributed by atoms with E-state index in [0.29, 0.717) is 5.56 Å². The summed E-state index contributed by atoms with van der Waals surface area (Å²) >= 11 is 0. The Balaban J connectivity index is 1.57. The van der Waals surface area contributed by atoms with E-state index in [0.717, 1.165) is 36.6 Å². The molecule has 1 saturated carbocycles. The highest BCUT2D eigenvalue weighted by Crippen LogP contribution is 2.17. The van der Waals surface area contributed by atoms with Crippen LogP contribution in [0.1, 0.15) is 81.0 Å². The third kappa shape index (κ3) is 7.31. The zero-order chi connectivity index (χ0) is 21.9. The molecule has 0 bridgehead atoms. The first-order valence-corrected chi connectivity index (χ1v) is 11.7. The van der Waals surface area contributed by atoms with Crippen LogP contribution in [0.3, 0.4) is 0 Å². The first-order valence-electron chi connectivity index (χ1n) is 11.7. The third-order valence-electron chi connectivity index (χ3n) is 6.11. The van der Waals surface area contributed by atoms with Crippen LogP contribution in [0.5, 0.6) is 0 Å². The number of aliphatic hydroxyl groups is 1. The largest absolute Gasteiger partial charge is 0.394 e. The minimum absolute atomic E-state index is 0.0974. The summed E-state index contributed by atoms with van der Waals surface area (Å²) in [5.41, 5.74) is 1.17. The Hall–Kier alpha value is -2.47. The minimum Gasteiger partial charge on any atom is -0.394 e. The predicted molar refractivity (Wildman–Crippen MR) is 123 cm³/mol. The number of hydrogen-bond acceptors (Lipinski definition) is 4. The van der Waals surface area contributed by atoms with E-state index in [9.17, 15) is 14.7 Å². The molecule has 6 heteroatoms. The summed E-state index contributed by atoms with van der Waals surface area (Å²) in [5, 5.41) is 16.4. The van der Waals surface area contributed by atoms with E-state index in [2.05, 4.69) is 15.6 Å². The Morgan fingerprint density at radius 1 is 0.968 bits per heavy atom. The molecule has 0 saturated heterocycles. The molecular formula is C25H35N3O3. The number of nitrogens with one attached hydrogen (secondary N) is 2. The van der Waals surface area contributed by atoms with Gasteiger partial charge in [-0.15, -0.1) is 0 Å². The SMILES string of the molecule is O=C(N[C@@H](CO)C(=O)NC1CCCCCCCCCCC1)c1cnc2ccccc2c1. The maximum absolute atomic E-state index is 12.8. The maximum Gasteiger partial charge on any atom is 0.253 e. The van der Waals surface area contributed by atoms with E-state index in [1.54, 1.807) is 6.07 Å². The summed E-state index contributed by atoms with van der Waals surface area (Å²) in [4.78, 5) is 29.8. The van der Waals surface area contributed by atoms with Crippen molar-refractivity contribution in [3.63, 3.8) is 0 Å². The highest BCUT2D eigenvalue weighted by molar-refractivity contribution is 5.99. The Bertz CT molecular complexity index is 843. The molecule has 2 aromatic rings. The number of carbonyl (C=O) groups excluding carboxylic acids is 2. The molecule has 1 fully saturated rings. The molecule has 3 rings (SSSR count). The van der Waals surface area contributed by atoms with Crippen molar-refractivity contribution in [3.8, 4) is 0 Å². The van der Waals surface area contributed by atoms with Crippen molar-refractivity contribution < 1.29 is 14.7 Å². The van der Waals surface area contributed by atoms with E-state index < -0.39 is 18.6 Å². The van der Waals surface area contributed by atoms with Crippen LogP contribution in [-0.2, 0) is 4.79 Å². The monoisotopic (exact) mass is 425 g/mol. The van der Waals surface area contributed by atoms with Gasteiger partial charge in [-0.1, -0.05) is 76.0 Å². The summed E-state index contributed by atoms with van der Waals surface area (Å²) in [6.07, 6.45) is 14.5. The quantitative estimate of drug-likeness (QED) is 0.672. The van der Waals surface area contributed by atoms with Gasteiger partial charge in [0.2, 0.25) is 5.91 Å². The molecule has 0 aliphatic heterocycles. The highest BCUT2D eigenvalue weighted by atomic mass is 16.3. The zero-order valence-electron chi connectivity index (χ0n) is 18.3. The fourth-order valence-electron chi connectivity index (χ4n) is 4.24. The second-order valence-corrected chi connectivity index (χ2v) is 8.59. The molecule has 0 radical (unpaired) electrons. The smallest absolute Gasteiger partial charge is 0.253 e. The maximum atomic E-state index is 12.8. The number of hydrogen-bond donors (Lipinski definition) is 3. The summed E-state index contributed by atoms with van der Waals surface area (Å²) in [6, 6.07) is 8.42. The molecule has 1 aromatic carbocycles. The summed E-state index contributed by atoms with van der Waals surface area (Å²) in [5.74, 6) is -0.729. The Morgan fingerprint density at radius 3 is 2.23 bits per heavy atom. The van der Waals surface area contributed by atoms with Crippen molar-refractivity contribution in [1.82, 2.24) is 15.6 Å². The standard InChI is InChI=1S/C25H35N3O3/c29-18-23(28-24(30)20-16-19-12-10-11-15-22(19)26-17-20)25(31)27-21-13-8-6-4-2-1-3-5-7-9-14-21/h10-12,15-17,21,23,29H,1-9,13-14,18H2,(H,27,31)(H,28,30)/t23-/m0/s1. The van der Waals surface area contributed by atoms with Crippen LogP contribution >= 0.6 is 0 Å². The number of rotatable bonds is 5. The fourth-order valence-corrected chi connectivity index (χ4v) is 4.24. The van der Waals surface area contributed by atoms with Crippen LogP contribution in [0.25, 0.3) is 10.9 Å². The number of para-hydroxylation sites is 1. The molecule has 168 valence electrons. The van der Waals surface area contributed by atoms with E-state index >= 15 is 0 Å². The van der Waals surface area contributed by atoms with Crippen LogP contribution in [-0.4, -0.2) is 40.6 Å². The normalized spacial score (nSPS) is 17.8. The molecule has 3 N–H and O–H groups in total. The second kappa shape index (κ2) is 12.4. The average molecular weight is 426 g/mol. The van der Waals surface area contributed by atoms with Crippen LogP contribution in [0, 0.1) is 0 Å². The lowest BCUT2D eigenvalue weighted by Gasteiger charge is -2.23. The van der Waals surface area contributed by atoms with E-state index in [-0.39, 0.29) is 11.9 Å². The van der Waals surface area contributed by atoms with Gasteiger partial charge in [-0.3, -0.25) is 14.6 Å². The average Bonchev–Trinajstić information content (AvgIpc) is 2.78. The second-order valence-electron chi connectivity index (χ2n) is 8.59. The fraction of sp³-hybridized carbons (Fsp3) is 0.560. The van der Waals surface area contributed by atoms with Gasteiger partial charge in [0, 0.05) is 17.6 Å². The van der Waals surface area contributed by atoms with Gasteiger partial charge in [0.25, 0.3) is 5.91 Å². The van der Waals surface area contributed by atoms with Crippen molar-refractivity contribution in [2.45, 2.75) is 82.7 Å². The van der Waals surface area contributed by atoms with Crippen molar-refractivity contribution in [1.29, 1.82) is 0 Å². The van der Waals surface area contributed by atoms with Gasteiger partial charge < -0.3 is 15.7 Å². The first kappa shape index (κ1) is 23.2. The van der Waals surface area contributed by atoms with Crippen molar-refractivity contribution in [2.24, 2.45) is 0 Å². The number of amides is 2. The zero-order valence-corrected chi connectivity index (χ0v) is 18.3. The van der Waals surface area contributed by atoms with Gasteiger partial charge in [-0.25, -0.2) is 0 Å². The predicted octanol–water partition coefficient (Wildman–Crippen LogP) is 4.12. The molecule has 1 aromatic heterocycles. The first-order chi connectivity index (χ1) is 15.2. The Morgan fingerprint density at radius 2 is 1.58 bits per heavy atom. The van der Waals surface area contributed by atoms with Crippen molar-refractivity contribution in [3.05, 3.63) is 42.1 Å². The van der Waals surface area contributed by atoms with Gasteiger partial charge in [-0.2, -0.15) is 0 Å². The molecule has 0 unspecified atom stereocenters. The summed E-state index contributed by atoms with van der Waals surface area (Å²) in [6.45, 7) is -0.439. The summed E-state index contributed by atoms with van der Waals surface area (Å²) < 4.78 is 0. The van der Waals surface area contributed by atoms with Crippen LogP contribution in [0.4, 0.5) is 0 Å². The lowest BCUT2D eigenvalue weighted by Crippen LogP contribution is -2.51. The number of fused-ring (bicyclic) bond motifs is 1. The van der Waals surface area contributed by atoms with Crippen LogP contribution in [0.15, 0.2) is 36.5 Å². The lowest BCUT2D eigenvalue weighted by molar-refractivity contribution is -0.124. The lowest BCUT2D eigenvalue weighted by atomic mass is 9.97. The molecule has 0 spiro atoms. The molecule has 31 heavy (non-hydrogen) atoms. The summed E-state index contributed by atoms with van der Waals surface area (Å²) in [7, 11) is 0. The van der Waals surface area contributed by atoms with Gasteiger partial charge in [0.15, 0.2) is 0 Å². The molecule has 2 amide bonds. The molecule has 1 heterocycles. The van der Waals surface area contributed by atoms with E-state index in [1.807, 2.05) is 24.3 Å². The van der Waals surface area contributed by atoms with Crippen molar-refractivity contribution >= 4 is 22.7 Å². The van der Waals surface area contributed by atoms with Crippen LogP contribution in [0.2, 0.25) is 0 Å². The van der Waals surface area contributed by atoms with Gasteiger partial charge in [0.05, 0.1) is 17.7 Å². The third-order valence-corrected chi connectivity index (χ3v) is 6.11. The number of carbonyl (C=O) groups is 2. The highest BCUT2D eigenvalue weighted by Gasteiger charge is 2.23. The van der Waals surface area contributed by atoms with E-state index in [1.165, 1.54) is 51.1 Å². The minimum atomic E-state index is -0.972. The number of nitrogens with zero attached hydrogens (tertiary/aromatic N) is 1. The Labute approximate surface area is 184 Å². The number of aliphatic hydroxyl groups excluding tert-OH is 1. The molecular weight excluding hydrogens is 390 g/mol. The van der Waals surface area contributed by atoms with Gasteiger partial charge in [-0.05, 0) is 25.0 Å². The molecule has 1 aliphatic carbocycles. The molecule has 6 nitrogen and oxygen atoms in total. The van der Waals surface area contributed by atoms with Gasteiger partial charge >= 0.3 is 0 Å². The van der Waals surface area contributed by atoms with Crippen LogP contribution < -0.4 is 10.6 Å². The Kier molecular flexibility index (Phi) is 9.28. The molecule has 1 atom stereocenters. The number of benzene rings is 1. The number of pyridine rings is 1. The van der Waals surface area contributed by atoms with Crippen molar-refractivity contribution in [2.75, 3.05) is 6.61 Å². The number of aromatic nitrogens is 1. The van der Waals surface area contributed by atoms with Gasteiger partial charge in [0.1, 0.15) is 6.04 Å². The topological polar surface area (TPSA) is 91.3 Å². The molecule has 1 aliphatic rings.